The minimum absolute atomic E-state index is 0. The molecule has 3 heteroatoms. The Balaban J connectivity index is 0. The van der Waals surface area contributed by atoms with Crippen LogP contribution in [-0.2, 0) is 39.3 Å². The first-order chi connectivity index (χ1) is 9.77. The molecule has 2 aromatic rings. The van der Waals surface area contributed by atoms with E-state index in [4.69, 9.17) is 11.1 Å². The summed E-state index contributed by atoms with van der Waals surface area (Å²) in [7, 11) is 0. The van der Waals surface area contributed by atoms with Crippen molar-refractivity contribution in [2.75, 3.05) is 0 Å². The third kappa shape index (κ3) is 10.3. The quantitative estimate of drug-likeness (QED) is 0.706. The standard InChI is InChI=1S/C9H9N.C7H8N.C2H6.Y/c1-2-9(10)8-6-4-3-5-7-8;8-6-7-4-2-1-3-5-7;1-2;/h2-7,10H,1H2;1-5,8H,6H2;1-2H3;/q;-1;;. The maximum absolute atomic E-state index is 7.36. The molecule has 0 aliphatic rings. The molecule has 21 heavy (non-hydrogen) atoms. The number of rotatable bonds is 3. The largest absolute Gasteiger partial charge is 0.674 e. The van der Waals surface area contributed by atoms with Gasteiger partial charge in [0.2, 0.25) is 0 Å². The second-order valence-corrected chi connectivity index (χ2v) is 3.65. The van der Waals surface area contributed by atoms with Crippen LogP contribution in [0.5, 0.6) is 0 Å². The van der Waals surface area contributed by atoms with E-state index in [2.05, 4.69) is 6.58 Å². The van der Waals surface area contributed by atoms with Crippen LogP contribution in [0.15, 0.2) is 73.3 Å². The zero-order valence-electron chi connectivity index (χ0n) is 12.8. The molecule has 0 fully saturated rings. The third-order valence-corrected chi connectivity index (χ3v) is 2.34. The first-order valence-electron chi connectivity index (χ1n) is 6.73. The van der Waals surface area contributed by atoms with Gasteiger partial charge in [0, 0.05) is 32.7 Å². The van der Waals surface area contributed by atoms with Gasteiger partial charge in [0.25, 0.3) is 0 Å². The van der Waals surface area contributed by atoms with Crippen molar-refractivity contribution in [2.45, 2.75) is 20.4 Å². The Morgan fingerprint density at radius 3 is 1.76 bits per heavy atom. The molecule has 1 radical (unpaired) electrons. The Bertz CT molecular complexity index is 481. The molecule has 109 valence electrons. The van der Waals surface area contributed by atoms with Crippen molar-refractivity contribution >= 4 is 5.71 Å². The molecule has 0 bridgehead atoms. The minimum Gasteiger partial charge on any atom is -0.674 e. The molecule has 0 amide bonds. The summed E-state index contributed by atoms with van der Waals surface area (Å²) in [5.74, 6) is 0. The van der Waals surface area contributed by atoms with Gasteiger partial charge in [-0.1, -0.05) is 86.7 Å². The molecule has 0 saturated carbocycles. The van der Waals surface area contributed by atoms with Crippen LogP contribution in [0.1, 0.15) is 25.0 Å². The van der Waals surface area contributed by atoms with Crippen molar-refractivity contribution < 1.29 is 32.7 Å². The van der Waals surface area contributed by atoms with Crippen molar-refractivity contribution in [3.63, 3.8) is 0 Å². The van der Waals surface area contributed by atoms with E-state index in [0.717, 1.165) is 11.1 Å². The van der Waals surface area contributed by atoms with Crippen molar-refractivity contribution in [3.05, 3.63) is 90.2 Å². The van der Waals surface area contributed by atoms with Crippen LogP contribution in [0.2, 0.25) is 0 Å². The number of nitrogens with one attached hydrogen (secondary N) is 2. The van der Waals surface area contributed by atoms with Crippen LogP contribution in [0.25, 0.3) is 5.73 Å². The van der Waals surface area contributed by atoms with Crippen molar-refractivity contribution in [2.24, 2.45) is 0 Å². The van der Waals surface area contributed by atoms with Crippen LogP contribution >= 0.6 is 0 Å². The SMILES string of the molecule is C=CC(=N)c1ccccc1.CC.[NH-]Cc1ccccc1.[Y]. The van der Waals surface area contributed by atoms with E-state index in [1.807, 2.05) is 74.5 Å². The van der Waals surface area contributed by atoms with Crippen LogP contribution < -0.4 is 0 Å². The molecular weight excluding hydrogens is 333 g/mol. The molecule has 0 aliphatic heterocycles. The van der Waals surface area contributed by atoms with E-state index >= 15 is 0 Å². The summed E-state index contributed by atoms with van der Waals surface area (Å²) in [5, 5.41) is 7.36. The fourth-order valence-corrected chi connectivity index (χ4v) is 1.33. The van der Waals surface area contributed by atoms with Gasteiger partial charge in [0.15, 0.2) is 0 Å². The van der Waals surface area contributed by atoms with Crippen LogP contribution in [0, 0.1) is 5.41 Å². The Morgan fingerprint density at radius 2 is 1.43 bits per heavy atom. The second-order valence-electron chi connectivity index (χ2n) is 3.65. The number of hydrogen-bond acceptors (Lipinski definition) is 1. The summed E-state index contributed by atoms with van der Waals surface area (Å²) >= 11 is 0. The molecule has 2 nitrogen and oxygen atoms in total. The van der Waals surface area contributed by atoms with Gasteiger partial charge in [0.1, 0.15) is 0 Å². The number of hydrogen-bond donors (Lipinski definition) is 1. The zero-order chi connectivity index (χ0) is 15.2. The molecule has 0 aliphatic carbocycles. The molecule has 0 saturated heterocycles. The topological polar surface area (TPSA) is 47.7 Å². The smallest absolute Gasteiger partial charge is 0.0606 e. The molecular formula is C18H23N2Y-. The Kier molecular flexibility index (Phi) is 16.2. The van der Waals surface area contributed by atoms with Crippen LogP contribution in [0.3, 0.4) is 0 Å². The van der Waals surface area contributed by atoms with E-state index < -0.39 is 0 Å². The minimum atomic E-state index is 0. The summed E-state index contributed by atoms with van der Waals surface area (Å²) in [6, 6.07) is 19.3. The van der Waals surface area contributed by atoms with Crippen molar-refractivity contribution in [1.82, 2.24) is 0 Å². The van der Waals surface area contributed by atoms with Gasteiger partial charge in [-0.2, -0.15) is 0 Å². The second kappa shape index (κ2) is 15.3. The Hall–Kier alpha value is -1.09. The van der Waals surface area contributed by atoms with E-state index in [-0.39, 0.29) is 32.7 Å². The molecule has 2 rings (SSSR count). The fraction of sp³-hybridized carbons (Fsp3) is 0.167. The van der Waals surface area contributed by atoms with Gasteiger partial charge < -0.3 is 11.1 Å². The molecule has 2 aromatic carbocycles. The molecule has 0 unspecified atom stereocenters. The Labute approximate surface area is 153 Å². The number of benzene rings is 2. The molecule has 0 aromatic heterocycles. The number of allylic oxidation sites excluding steroid dienone is 1. The molecule has 0 atom stereocenters. The monoisotopic (exact) mass is 356 g/mol. The van der Waals surface area contributed by atoms with E-state index in [1.165, 1.54) is 6.08 Å². The van der Waals surface area contributed by atoms with Gasteiger partial charge in [-0.25, -0.2) is 0 Å². The van der Waals surface area contributed by atoms with Crippen molar-refractivity contribution in [1.29, 1.82) is 5.41 Å². The normalized spacial score (nSPS) is 7.95. The van der Waals surface area contributed by atoms with Gasteiger partial charge in [-0.15, -0.1) is 6.54 Å². The summed E-state index contributed by atoms with van der Waals surface area (Å²) < 4.78 is 0. The molecule has 0 spiro atoms. The third-order valence-electron chi connectivity index (χ3n) is 2.34. The van der Waals surface area contributed by atoms with E-state index in [9.17, 15) is 0 Å². The van der Waals surface area contributed by atoms with Gasteiger partial charge in [0.05, 0.1) is 5.71 Å². The first kappa shape index (κ1) is 22.2. The average Bonchev–Trinajstić information content (AvgIpc) is 2.58. The summed E-state index contributed by atoms with van der Waals surface area (Å²) in [4.78, 5) is 0. The van der Waals surface area contributed by atoms with Crippen LogP contribution in [-0.4, -0.2) is 5.71 Å². The summed E-state index contributed by atoms with van der Waals surface area (Å²) in [5.41, 5.74) is 9.41. The van der Waals surface area contributed by atoms with Gasteiger partial charge >= 0.3 is 0 Å². The summed E-state index contributed by atoms with van der Waals surface area (Å²) in [6.45, 7) is 7.90. The predicted octanol–water partition coefficient (Wildman–Crippen LogP) is 5.50. The molecule has 2 N–H and O–H groups in total. The predicted molar refractivity (Wildman–Crippen MR) is 89.3 cm³/mol. The van der Waals surface area contributed by atoms with E-state index in [1.54, 1.807) is 0 Å². The first-order valence-corrected chi connectivity index (χ1v) is 6.73. The Morgan fingerprint density at radius 1 is 1.00 bits per heavy atom. The maximum atomic E-state index is 7.36. The van der Waals surface area contributed by atoms with Gasteiger partial charge in [-0.3, -0.25) is 0 Å². The average molecular weight is 356 g/mol. The zero-order valence-corrected chi connectivity index (χ0v) is 15.7. The van der Waals surface area contributed by atoms with Crippen LogP contribution in [0.4, 0.5) is 0 Å². The van der Waals surface area contributed by atoms with Gasteiger partial charge in [-0.05, 0) is 11.6 Å². The fourth-order valence-electron chi connectivity index (χ4n) is 1.33. The van der Waals surface area contributed by atoms with Crippen molar-refractivity contribution in [3.8, 4) is 0 Å². The maximum Gasteiger partial charge on any atom is 0.0606 e. The summed E-state index contributed by atoms with van der Waals surface area (Å²) in [6.07, 6.45) is 1.54. The molecule has 0 heterocycles. The van der Waals surface area contributed by atoms with E-state index in [0.29, 0.717) is 12.3 Å².